The highest BCUT2D eigenvalue weighted by Gasteiger charge is 2.23. The van der Waals surface area contributed by atoms with Crippen molar-refractivity contribution in [2.45, 2.75) is 39.7 Å². The number of halogens is 1. The van der Waals surface area contributed by atoms with Crippen molar-refractivity contribution in [3.05, 3.63) is 63.4 Å². The Kier molecular flexibility index (Phi) is 8.09. The van der Waals surface area contributed by atoms with Crippen LogP contribution in [0.3, 0.4) is 0 Å². The average Bonchev–Trinajstić information content (AvgIpc) is 3.60. The lowest BCUT2D eigenvalue weighted by atomic mass is 10.0. The summed E-state index contributed by atoms with van der Waals surface area (Å²) in [6.07, 6.45) is 8.10. The van der Waals surface area contributed by atoms with Gasteiger partial charge in [-0.25, -0.2) is 9.97 Å². The van der Waals surface area contributed by atoms with Crippen LogP contribution in [0, 0.1) is 10.1 Å². The highest BCUT2D eigenvalue weighted by atomic mass is 35.5. The second-order valence-electron chi connectivity index (χ2n) is 9.84. The van der Waals surface area contributed by atoms with Crippen LogP contribution in [0.4, 0.5) is 17.3 Å². The van der Waals surface area contributed by atoms with Crippen LogP contribution in [0.2, 0.25) is 5.02 Å². The lowest BCUT2D eigenvalue weighted by molar-refractivity contribution is -0.385. The monoisotopic (exact) mass is 564 g/mol. The van der Waals surface area contributed by atoms with Gasteiger partial charge in [0.25, 0.3) is 0 Å². The maximum Gasteiger partial charge on any atom is 0.313 e. The first kappa shape index (κ1) is 27.7. The molecular weight excluding hydrogens is 532 g/mol. The molecule has 0 unspecified atom stereocenters. The number of benzene rings is 2. The number of rotatable bonds is 9. The number of para-hydroxylation sites is 1. The van der Waals surface area contributed by atoms with Gasteiger partial charge in [-0.2, -0.15) is 0 Å². The number of aromatic nitrogens is 3. The van der Waals surface area contributed by atoms with E-state index in [0.717, 1.165) is 50.0 Å². The molecule has 0 atom stereocenters. The number of nitro benzene ring substituents is 1. The summed E-state index contributed by atoms with van der Waals surface area (Å²) in [5, 5.41) is 16.5. The molecule has 0 amide bonds. The zero-order valence-electron chi connectivity index (χ0n) is 21.7. The third kappa shape index (κ3) is 5.29. The molecule has 2 aliphatic heterocycles. The number of methoxy groups -OCH3 is 1. The van der Waals surface area contributed by atoms with E-state index in [0.29, 0.717) is 28.8 Å². The third-order valence-electron chi connectivity index (χ3n) is 7.41. The quantitative estimate of drug-likeness (QED) is 0.182. The Morgan fingerprint density at radius 3 is 2.75 bits per heavy atom. The summed E-state index contributed by atoms with van der Waals surface area (Å²) in [6.45, 7) is 4.08. The lowest BCUT2D eigenvalue weighted by Gasteiger charge is -2.16. The number of nitrogens with one attached hydrogen (secondary N) is 1. The smallest absolute Gasteiger partial charge is 0.313 e. The minimum atomic E-state index is -0.460. The predicted molar refractivity (Wildman–Crippen MR) is 157 cm³/mol. The van der Waals surface area contributed by atoms with E-state index in [1.807, 2.05) is 0 Å². The molecule has 40 heavy (non-hydrogen) atoms. The first-order chi connectivity index (χ1) is 19.0. The largest absolute Gasteiger partial charge is 0.494 e. The van der Waals surface area contributed by atoms with E-state index in [1.54, 1.807) is 0 Å². The van der Waals surface area contributed by atoms with E-state index in [4.69, 9.17) is 26.1 Å². The summed E-state index contributed by atoms with van der Waals surface area (Å²) in [5.74, 6) is 0.786. The van der Waals surface area contributed by atoms with Crippen LogP contribution < -0.4 is 14.8 Å². The molecule has 4 aromatic rings. The van der Waals surface area contributed by atoms with Gasteiger partial charge in [0.1, 0.15) is 12.4 Å². The van der Waals surface area contributed by atoms with Gasteiger partial charge in [-0.3, -0.25) is 15.0 Å². The average molecular weight is 565 g/mol. The maximum absolute atomic E-state index is 11.9. The van der Waals surface area contributed by atoms with Gasteiger partial charge in [0, 0.05) is 42.4 Å². The molecule has 10 nitrogen and oxygen atoms in total. The van der Waals surface area contributed by atoms with Gasteiger partial charge in [-0.1, -0.05) is 37.2 Å². The van der Waals surface area contributed by atoms with E-state index < -0.39 is 4.92 Å². The standard InChI is InChI=1S/C28H29ClN6O4.CH4/c1-38-24-15-25(39-13-12-33-9-2-3-10-33)23(35(36)37)14-22(24)31-28-30-16-21(29)26(32-28)20-17-34-11-5-7-18-6-4-8-19(20)27(18)34;/h4,6,8,14-17H,2-3,5,7,9-13H2,1H3,(H,30,31,32);1H4. The fourth-order valence-corrected chi connectivity index (χ4v) is 5.74. The van der Waals surface area contributed by atoms with Crippen molar-refractivity contribution >= 4 is 39.8 Å². The number of nitro groups is 1. The first-order valence-electron chi connectivity index (χ1n) is 13.1. The van der Waals surface area contributed by atoms with Gasteiger partial charge >= 0.3 is 5.69 Å². The van der Waals surface area contributed by atoms with Crippen LogP contribution in [0.5, 0.6) is 11.5 Å². The lowest BCUT2D eigenvalue weighted by Crippen LogP contribution is -2.25. The molecule has 0 aliphatic carbocycles. The van der Waals surface area contributed by atoms with Crippen LogP contribution in [0.1, 0.15) is 32.3 Å². The Bertz CT molecular complexity index is 1550. The molecule has 0 bridgehead atoms. The summed E-state index contributed by atoms with van der Waals surface area (Å²) in [7, 11) is 1.50. The van der Waals surface area contributed by atoms with Gasteiger partial charge in [-0.15, -0.1) is 0 Å². The van der Waals surface area contributed by atoms with Crippen molar-refractivity contribution in [2.75, 3.05) is 38.7 Å². The van der Waals surface area contributed by atoms with E-state index in [2.05, 4.69) is 44.2 Å². The van der Waals surface area contributed by atoms with Gasteiger partial charge in [0.2, 0.25) is 11.7 Å². The normalized spacial score (nSPS) is 14.7. The summed E-state index contributed by atoms with van der Waals surface area (Å²) >= 11 is 6.59. The molecule has 0 saturated carbocycles. The van der Waals surface area contributed by atoms with Crippen molar-refractivity contribution in [3.8, 4) is 22.8 Å². The highest BCUT2D eigenvalue weighted by molar-refractivity contribution is 6.33. The molecule has 210 valence electrons. The Morgan fingerprint density at radius 2 is 1.98 bits per heavy atom. The number of aryl methyl sites for hydroxylation is 2. The summed E-state index contributed by atoms with van der Waals surface area (Å²) in [6, 6.07) is 9.23. The van der Waals surface area contributed by atoms with Crippen molar-refractivity contribution in [2.24, 2.45) is 0 Å². The second-order valence-corrected chi connectivity index (χ2v) is 10.2. The van der Waals surface area contributed by atoms with Gasteiger partial charge in [-0.05, 0) is 44.3 Å². The van der Waals surface area contributed by atoms with E-state index >= 15 is 0 Å². The van der Waals surface area contributed by atoms with Crippen molar-refractivity contribution in [1.82, 2.24) is 19.4 Å². The minimum absolute atomic E-state index is 0. The summed E-state index contributed by atoms with van der Waals surface area (Å²) in [4.78, 5) is 22.8. The number of hydrogen-bond donors (Lipinski definition) is 1. The Morgan fingerprint density at radius 1 is 1.15 bits per heavy atom. The molecular formula is C29H33ClN6O4. The first-order valence-corrected chi connectivity index (χ1v) is 13.5. The van der Waals surface area contributed by atoms with Crippen molar-refractivity contribution < 1.29 is 14.4 Å². The SMILES string of the molecule is C.COc1cc(OCCN2CCCC2)c([N+](=O)[O-])cc1Nc1ncc(Cl)c(-c2cn3c4c(cccc24)CCC3)n1. The maximum atomic E-state index is 11.9. The van der Waals surface area contributed by atoms with Crippen LogP contribution in [0.15, 0.2) is 42.7 Å². The number of nitrogens with zero attached hydrogens (tertiary/aromatic N) is 5. The second kappa shape index (κ2) is 11.7. The Hall–Kier alpha value is -3.89. The predicted octanol–water partition coefficient (Wildman–Crippen LogP) is 6.47. The van der Waals surface area contributed by atoms with E-state index in [9.17, 15) is 10.1 Å². The number of ether oxygens (including phenoxy) is 2. The zero-order chi connectivity index (χ0) is 26.9. The molecule has 1 saturated heterocycles. The molecule has 2 aromatic carbocycles. The van der Waals surface area contributed by atoms with Crippen molar-refractivity contribution in [1.29, 1.82) is 0 Å². The number of likely N-dealkylation sites (tertiary alicyclic amines) is 1. The molecule has 0 spiro atoms. The van der Waals surface area contributed by atoms with Crippen LogP contribution in [0.25, 0.3) is 22.2 Å². The Balaban J connectivity index is 0.00000323. The molecule has 2 aliphatic rings. The fourth-order valence-electron chi connectivity index (χ4n) is 5.55. The summed E-state index contributed by atoms with van der Waals surface area (Å²) in [5.41, 5.74) is 4.22. The third-order valence-corrected chi connectivity index (χ3v) is 7.69. The zero-order valence-corrected chi connectivity index (χ0v) is 22.4. The number of hydrogen-bond acceptors (Lipinski definition) is 8. The van der Waals surface area contributed by atoms with Crippen LogP contribution in [-0.2, 0) is 13.0 Å². The van der Waals surface area contributed by atoms with E-state index in [1.165, 1.54) is 49.4 Å². The van der Waals surface area contributed by atoms with Gasteiger partial charge in [0.15, 0.2) is 0 Å². The molecule has 6 rings (SSSR count). The molecule has 2 aromatic heterocycles. The Labute approximate surface area is 238 Å². The summed E-state index contributed by atoms with van der Waals surface area (Å²) < 4.78 is 13.6. The molecule has 11 heteroatoms. The van der Waals surface area contributed by atoms with Crippen LogP contribution in [-0.4, -0.2) is 57.7 Å². The molecule has 0 radical (unpaired) electrons. The molecule has 1 fully saturated rings. The minimum Gasteiger partial charge on any atom is -0.494 e. The van der Waals surface area contributed by atoms with Gasteiger partial charge < -0.3 is 19.4 Å². The fraction of sp³-hybridized carbons (Fsp3) is 0.379. The van der Waals surface area contributed by atoms with Crippen LogP contribution >= 0.6 is 11.6 Å². The van der Waals surface area contributed by atoms with Gasteiger partial charge in [0.05, 0.1) is 40.2 Å². The van der Waals surface area contributed by atoms with E-state index in [-0.39, 0.29) is 24.8 Å². The van der Waals surface area contributed by atoms with Crippen molar-refractivity contribution in [3.63, 3.8) is 0 Å². The topological polar surface area (TPSA) is 108 Å². The molecule has 1 N–H and O–H groups in total. The molecule has 4 heterocycles. The highest BCUT2D eigenvalue weighted by Crippen LogP contribution is 2.40. The number of anilines is 2.